The van der Waals surface area contributed by atoms with Crippen LogP contribution in [-0.2, 0) is 12.6 Å². The molecule has 0 N–H and O–H groups in total. The van der Waals surface area contributed by atoms with Gasteiger partial charge in [0.1, 0.15) is 4.88 Å². The van der Waals surface area contributed by atoms with Gasteiger partial charge in [-0.3, -0.25) is 4.79 Å². The van der Waals surface area contributed by atoms with Gasteiger partial charge in [0.25, 0.3) is 5.91 Å². The SMILES string of the molecule is Cc1nnsc1C(=O)N1CCC[C@@H](CCc2cccc(C(F)(F)F)c2)C1. The highest BCUT2D eigenvalue weighted by atomic mass is 32.1. The summed E-state index contributed by atoms with van der Waals surface area (Å²) < 4.78 is 42.3. The zero-order chi connectivity index (χ0) is 18.7. The molecule has 1 aromatic carbocycles. The van der Waals surface area contributed by atoms with Crippen molar-refractivity contribution in [1.29, 1.82) is 0 Å². The van der Waals surface area contributed by atoms with Gasteiger partial charge in [-0.2, -0.15) is 13.2 Å². The lowest BCUT2D eigenvalue weighted by molar-refractivity contribution is -0.137. The zero-order valence-corrected chi connectivity index (χ0v) is 15.2. The lowest BCUT2D eigenvalue weighted by Crippen LogP contribution is -2.40. The second-order valence-electron chi connectivity index (χ2n) is 6.68. The third-order valence-electron chi connectivity index (χ3n) is 4.75. The van der Waals surface area contributed by atoms with Gasteiger partial charge >= 0.3 is 6.18 Å². The molecule has 26 heavy (non-hydrogen) atoms. The number of carbonyl (C=O) groups is 1. The van der Waals surface area contributed by atoms with Gasteiger partial charge in [0, 0.05) is 13.1 Å². The van der Waals surface area contributed by atoms with Crippen LogP contribution in [0, 0.1) is 12.8 Å². The number of likely N-dealkylation sites (tertiary alicyclic amines) is 1. The van der Waals surface area contributed by atoms with Crippen LogP contribution in [0.4, 0.5) is 13.2 Å². The van der Waals surface area contributed by atoms with Crippen molar-refractivity contribution in [2.24, 2.45) is 5.92 Å². The van der Waals surface area contributed by atoms with E-state index in [0.29, 0.717) is 41.6 Å². The summed E-state index contributed by atoms with van der Waals surface area (Å²) in [5.41, 5.74) is 0.723. The van der Waals surface area contributed by atoms with Crippen molar-refractivity contribution in [2.75, 3.05) is 13.1 Å². The molecule has 1 atom stereocenters. The van der Waals surface area contributed by atoms with E-state index in [0.717, 1.165) is 36.9 Å². The molecule has 140 valence electrons. The molecule has 1 aliphatic heterocycles. The molecule has 1 aromatic heterocycles. The van der Waals surface area contributed by atoms with Gasteiger partial charge in [-0.25, -0.2) is 0 Å². The van der Waals surface area contributed by atoms with Gasteiger partial charge in [-0.15, -0.1) is 5.10 Å². The molecule has 3 rings (SSSR count). The van der Waals surface area contributed by atoms with Crippen LogP contribution >= 0.6 is 11.5 Å². The summed E-state index contributed by atoms with van der Waals surface area (Å²) in [6.45, 7) is 3.11. The first kappa shape index (κ1) is 18.8. The number of rotatable bonds is 4. The van der Waals surface area contributed by atoms with Gasteiger partial charge in [0.15, 0.2) is 0 Å². The lowest BCUT2D eigenvalue weighted by Gasteiger charge is -2.32. The summed E-state index contributed by atoms with van der Waals surface area (Å²) in [6.07, 6.45) is -1.07. The molecule has 0 radical (unpaired) electrons. The fourth-order valence-corrected chi connectivity index (χ4v) is 3.96. The third-order valence-corrected chi connectivity index (χ3v) is 5.56. The molecule has 2 heterocycles. The summed E-state index contributed by atoms with van der Waals surface area (Å²) in [5, 5.41) is 3.88. The van der Waals surface area contributed by atoms with Crippen LogP contribution in [0.25, 0.3) is 0 Å². The van der Waals surface area contributed by atoms with Gasteiger partial charge in [-0.05, 0) is 61.7 Å². The average molecular weight is 383 g/mol. The minimum Gasteiger partial charge on any atom is -0.338 e. The highest BCUT2D eigenvalue weighted by Gasteiger charge is 2.30. The van der Waals surface area contributed by atoms with Gasteiger partial charge in [-0.1, -0.05) is 22.7 Å². The van der Waals surface area contributed by atoms with Gasteiger partial charge < -0.3 is 4.90 Å². The number of piperidine rings is 1. The summed E-state index contributed by atoms with van der Waals surface area (Å²) in [7, 11) is 0. The van der Waals surface area contributed by atoms with E-state index < -0.39 is 11.7 Å². The van der Waals surface area contributed by atoms with Crippen molar-refractivity contribution < 1.29 is 18.0 Å². The Kier molecular flexibility index (Phi) is 5.60. The normalized spacial score (nSPS) is 18.2. The number of carbonyl (C=O) groups excluding carboxylic acids is 1. The van der Waals surface area contributed by atoms with E-state index in [1.807, 2.05) is 4.90 Å². The quantitative estimate of drug-likeness (QED) is 0.789. The Balaban J connectivity index is 1.59. The molecular formula is C18H20F3N3OS. The monoisotopic (exact) mass is 383 g/mol. The van der Waals surface area contributed by atoms with E-state index in [2.05, 4.69) is 9.59 Å². The molecule has 1 saturated heterocycles. The van der Waals surface area contributed by atoms with Gasteiger partial charge in [0.05, 0.1) is 11.3 Å². The summed E-state index contributed by atoms with van der Waals surface area (Å²) >= 11 is 1.11. The smallest absolute Gasteiger partial charge is 0.338 e. The topological polar surface area (TPSA) is 46.1 Å². The van der Waals surface area contributed by atoms with E-state index in [1.165, 1.54) is 12.1 Å². The Morgan fingerprint density at radius 2 is 2.19 bits per heavy atom. The van der Waals surface area contributed by atoms with E-state index in [4.69, 9.17) is 0 Å². The molecule has 0 aliphatic carbocycles. The highest BCUT2D eigenvalue weighted by Crippen LogP contribution is 2.30. The highest BCUT2D eigenvalue weighted by molar-refractivity contribution is 7.07. The Labute approximate surface area is 154 Å². The number of alkyl halides is 3. The van der Waals surface area contributed by atoms with E-state index in [1.54, 1.807) is 13.0 Å². The van der Waals surface area contributed by atoms with Crippen molar-refractivity contribution in [1.82, 2.24) is 14.5 Å². The van der Waals surface area contributed by atoms with Crippen LogP contribution < -0.4 is 0 Å². The number of nitrogens with zero attached hydrogens (tertiary/aromatic N) is 3. The fourth-order valence-electron chi connectivity index (χ4n) is 3.33. The molecule has 4 nitrogen and oxygen atoms in total. The van der Waals surface area contributed by atoms with Crippen LogP contribution in [0.3, 0.4) is 0 Å². The Morgan fingerprint density at radius 1 is 1.38 bits per heavy atom. The molecule has 1 amide bonds. The zero-order valence-electron chi connectivity index (χ0n) is 14.4. The Morgan fingerprint density at radius 3 is 2.88 bits per heavy atom. The molecule has 1 aliphatic rings. The maximum atomic E-state index is 12.8. The minimum atomic E-state index is -4.31. The average Bonchev–Trinajstić information content (AvgIpc) is 3.05. The van der Waals surface area contributed by atoms with Crippen LogP contribution in [0.1, 0.15) is 45.8 Å². The Hall–Kier alpha value is -1.96. The predicted octanol–water partition coefficient (Wildman–Crippen LogP) is 4.35. The Bertz CT molecular complexity index is 775. The van der Waals surface area contributed by atoms with E-state index >= 15 is 0 Å². The van der Waals surface area contributed by atoms with E-state index in [-0.39, 0.29) is 5.91 Å². The molecule has 1 fully saturated rings. The van der Waals surface area contributed by atoms with Crippen LogP contribution in [0.2, 0.25) is 0 Å². The third kappa shape index (κ3) is 4.41. The number of hydrogen-bond donors (Lipinski definition) is 0. The van der Waals surface area contributed by atoms with Crippen LogP contribution in [-0.4, -0.2) is 33.5 Å². The molecule has 0 unspecified atom stereocenters. The number of benzene rings is 1. The number of aryl methyl sites for hydroxylation is 2. The first-order chi connectivity index (χ1) is 12.3. The standard InChI is InChI=1S/C18H20F3N3OS/c1-12-16(26-23-22-12)17(25)24-9-3-5-14(11-24)8-7-13-4-2-6-15(10-13)18(19,20)21/h2,4,6,10,14H,3,5,7-9,11H2,1H3/t14-/m0/s1. The second-order valence-corrected chi connectivity index (χ2v) is 7.44. The van der Waals surface area contributed by atoms with E-state index in [9.17, 15) is 18.0 Å². The molecule has 2 aromatic rings. The predicted molar refractivity (Wildman–Crippen MR) is 93.0 cm³/mol. The summed E-state index contributed by atoms with van der Waals surface area (Å²) in [4.78, 5) is 15.0. The number of halogens is 3. The van der Waals surface area contributed by atoms with Crippen molar-refractivity contribution in [2.45, 2.75) is 38.8 Å². The van der Waals surface area contributed by atoms with Crippen LogP contribution in [0.15, 0.2) is 24.3 Å². The molecule has 0 bridgehead atoms. The van der Waals surface area contributed by atoms with Crippen molar-refractivity contribution in [3.63, 3.8) is 0 Å². The number of amides is 1. The lowest BCUT2D eigenvalue weighted by atomic mass is 9.91. The van der Waals surface area contributed by atoms with Crippen molar-refractivity contribution in [3.8, 4) is 0 Å². The minimum absolute atomic E-state index is 0.0405. The van der Waals surface area contributed by atoms with Crippen LogP contribution in [0.5, 0.6) is 0 Å². The number of aromatic nitrogens is 2. The summed E-state index contributed by atoms with van der Waals surface area (Å²) in [5.74, 6) is 0.254. The summed E-state index contributed by atoms with van der Waals surface area (Å²) in [6, 6.07) is 5.50. The molecule has 0 saturated carbocycles. The first-order valence-electron chi connectivity index (χ1n) is 8.59. The first-order valence-corrected chi connectivity index (χ1v) is 9.36. The molecule has 8 heteroatoms. The maximum absolute atomic E-state index is 12.8. The maximum Gasteiger partial charge on any atom is 0.416 e. The molecule has 0 spiro atoms. The van der Waals surface area contributed by atoms with Crippen molar-refractivity contribution >= 4 is 17.4 Å². The van der Waals surface area contributed by atoms with Gasteiger partial charge in [0.2, 0.25) is 0 Å². The fraction of sp³-hybridized carbons (Fsp3) is 0.500. The number of hydrogen-bond acceptors (Lipinski definition) is 4. The van der Waals surface area contributed by atoms with Crippen molar-refractivity contribution in [3.05, 3.63) is 46.0 Å². The largest absolute Gasteiger partial charge is 0.416 e. The second kappa shape index (κ2) is 7.73. The molecular weight excluding hydrogens is 363 g/mol.